The van der Waals surface area contributed by atoms with Crippen LogP contribution in [-0.2, 0) is 4.79 Å². The van der Waals surface area contributed by atoms with Crippen molar-refractivity contribution >= 4 is 22.4 Å². The predicted molar refractivity (Wildman–Crippen MR) is 92.3 cm³/mol. The van der Waals surface area contributed by atoms with Crippen molar-refractivity contribution in [3.63, 3.8) is 0 Å². The fourth-order valence-electron chi connectivity index (χ4n) is 2.58. The predicted octanol–water partition coefficient (Wildman–Crippen LogP) is 2.49. The van der Waals surface area contributed by atoms with Gasteiger partial charge in [-0.1, -0.05) is 12.1 Å². The molecular weight excluding hydrogens is 310 g/mol. The van der Waals surface area contributed by atoms with E-state index in [-0.39, 0.29) is 12.5 Å². The number of ether oxygens (including phenoxy) is 1. The smallest absolute Gasteiger partial charge is 0.260 e. The Kier molecular flexibility index (Phi) is 4.81. The van der Waals surface area contributed by atoms with E-state index >= 15 is 0 Å². The molecule has 1 aliphatic rings. The zero-order valence-corrected chi connectivity index (χ0v) is 14.3. The largest absolute Gasteiger partial charge is 0.484 e. The second kappa shape index (κ2) is 7.00. The van der Waals surface area contributed by atoms with Gasteiger partial charge in [-0.15, -0.1) is 11.3 Å². The van der Waals surface area contributed by atoms with Gasteiger partial charge in [-0.3, -0.25) is 4.79 Å². The van der Waals surface area contributed by atoms with Crippen molar-refractivity contribution in [2.45, 2.75) is 13.8 Å². The first-order chi connectivity index (χ1) is 11.1. The van der Waals surface area contributed by atoms with Gasteiger partial charge < -0.3 is 14.5 Å². The molecule has 23 heavy (non-hydrogen) atoms. The SMILES string of the molecule is Cc1cccc(OCC(=O)N2CCN(c3nc(C)cs3)CC2)c1. The summed E-state index contributed by atoms with van der Waals surface area (Å²) in [5.74, 6) is 0.789. The van der Waals surface area contributed by atoms with Crippen LogP contribution in [0.2, 0.25) is 0 Å². The molecule has 0 atom stereocenters. The van der Waals surface area contributed by atoms with Gasteiger partial charge in [0.25, 0.3) is 5.91 Å². The Morgan fingerprint density at radius 2 is 2.04 bits per heavy atom. The number of aromatic nitrogens is 1. The Morgan fingerprint density at radius 1 is 1.26 bits per heavy atom. The zero-order chi connectivity index (χ0) is 16.2. The molecule has 2 heterocycles. The monoisotopic (exact) mass is 331 g/mol. The van der Waals surface area contributed by atoms with Crippen LogP contribution < -0.4 is 9.64 Å². The van der Waals surface area contributed by atoms with E-state index in [2.05, 4.69) is 15.3 Å². The Hall–Kier alpha value is -2.08. The van der Waals surface area contributed by atoms with Crippen molar-refractivity contribution < 1.29 is 9.53 Å². The highest BCUT2D eigenvalue weighted by Crippen LogP contribution is 2.21. The van der Waals surface area contributed by atoms with Crippen LogP contribution in [0.25, 0.3) is 0 Å². The molecule has 0 bridgehead atoms. The van der Waals surface area contributed by atoms with Gasteiger partial charge in [-0.25, -0.2) is 4.98 Å². The maximum atomic E-state index is 12.3. The van der Waals surface area contributed by atoms with Crippen LogP contribution in [0.4, 0.5) is 5.13 Å². The molecule has 1 saturated heterocycles. The lowest BCUT2D eigenvalue weighted by Crippen LogP contribution is -2.50. The standard InChI is InChI=1S/C17H21N3O2S/c1-13-4-3-5-15(10-13)22-11-16(21)19-6-8-20(9-7-19)17-18-14(2)12-23-17/h3-5,10,12H,6-9,11H2,1-2H3. The van der Waals surface area contributed by atoms with E-state index in [1.54, 1.807) is 11.3 Å². The number of benzene rings is 1. The molecule has 1 fully saturated rings. The Bertz CT molecular complexity index is 678. The third-order valence-electron chi connectivity index (χ3n) is 3.86. The molecule has 1 aromatic heterocycles. The summed E-state index contributed by atoms with van der Waals surface area (Å²) in [5.41, 5.74) is 2.18. The molecule has 0 saturated carbocycles. The summed E-state index contributed by atoms with van der Waals surface area (Å²) in [6.07, 6.45) is 0. The summed E-state index contributed by atoms with van der Waals surface area (Å²) in [6, 6.07) is 7.76. The first-order valence-corrected chi connectivity index (χ1v) is 8.64. The van der Waals surface area contributed by atoms with E-state index in [4.69, 9.17) is 4.74 Å². The van der Waals surface area contributed by atoms with Crippen molar-refractivity contribution in [2.24, 2.45) is 0 Å². The minimum atomic E-state index is 0.0430. The topological polar surface area (TPSA) is 45.7 Å². The molecule has 1 aromatic carbocycles. The fraction of sp³-hybridized carbons (Fsp3) is 0.412. The first-order valence-electron chi connectivity index (χ1n) is 7.76. The summed E-state index contributed by atoms with van der Waals surface area (Å²) in [5, 5.41) is 3.10. The number of thiazole rings is 1. The molecule has 0 aliphatic carbocycles. The Morgan fingerprint density at radius 3 is 2.70 bits per heavy atom. The summed E-state index contributed by atoms with van der Waals surface area (Å²) in [7, 11) is 0. The maximum absolute atomic E-state index is 12.3. The van der Waals surface area contributed by atoms with E-state index in [0.29, 0.717) is 13.1 Å². The summed E-state index contributed by atoms with van der Waals surface area (Å²) < 4.78 is 5.60. The van der Waals surface area contributed by atoms with E-state index in [1.807, 2.05) is 43.0 Å². The Labute approximate surface area is 140 Å². The number of piperazine rings is 1. The lowest BCUT2D eigenvalue weighted by Gasteiger charge is -2.34. The van der Waals surface area contributed by atoms with E-state index in [1.165, 1.54) is 0 Å². The highest BCUT2D eigenvalue weighted by molar-refractivity contribution is 7.13. The van der Waals surface area contributed by atoms with Gasteiger partial charge in [-0.2, -0.15) is 0 Å². The van der Waals surface area contributed by atoms with Gasteiger partial charge in [0.2, 0.25) is 0 Å². The number of amides is 1. The molecule has 3 rings (SSSR count). The van der Waals surface area contributed by atoms with Crippen LogP contribution in [0, 0.1) is 13.8 Å². The lowest BCUT2D eigenvalue weighted by atomic mass is 10.2. The number of rotatable bonds is 4. The van der Waals surface area contributed by atoms with Gasteiger partial charge in [0, 0.05) is 31.6 Å². The molecular formula is C17H21N3O2S. The number of carbonyl (C=O) groups is 1. The van der Waals surface area contributed by atoms with Crippen LogP contribution in [0.3, 0.4) is 0 Å². The quantitative estimate of drug-likeness (QED) is 0.863. The third kappa shape index (κ3) is 4.01. The molecule has 2 aromatic rings. The van der Waals surface area contributed by atoms with Gasteiger partial charge in [0.1, 0.15) is 5.75 Å². The van der Waals surface area contributed by atoms with Gasteiger partial charge in [0.15, 0.2) is 11.7 Å². The molecule has 1 aliphatic heterocycles. The molecule has 0 unspecified atom stereocenters. The molecule has 122 valence electrons. The fourth-order valence-corrected chi connectivity index (χ4v) is 3.43. The molecule has 0 N–H and O–H groups in total. The highest BCUT2D eigenvalue weighted by atomic mass is 32.1. The summed E-state index contributed by atoms with van der Waals surface area (Å²) in [6.45, 7) is 7.19. The number of carbonyl (C=O) groups excluding carboxylic acids is 1. The Balaban J connectivity index is 1.48. The van der Waals surface area contributed by atoms with Crippen molar-refractivity contribution in [3.8, 4) is 5.75 Å². The average molecular weight is 331 g/mol. The van der Waals surface area contributed by atoms with Crippen LogP contribution in [0.15, 0.2) is 29.6 Å². The molecule has 0 radical (unpaired) electrons. The number of anilines is 1. The van der Waals surface area contributed by atoms with Gasteiger partial charge >= 0.3 is 0 Å². The number of aryl methyl sites for hydroxylation is 2. The number of hydrogen-bond donors (Lipinski definition) is 0. The first kappa shape index (κ1) is 15.8. The molecule has 6 heteroatoms. The van der Waals surface area contributed by atoms with Crippen LogP contribution >= 0.6 is 11.3 Å². The van der Waals surface area contributed by atoms with Crippen LogP contribution in [0.1, 0.15) is 11.3 Å². The zero-order valence-electron chi connectivity index (χ0n) is 13.5. The highest BCUT2D eigenvalue weighted by Gasteiger charge is 2.22. The molecule has 0 spiro atoms. The second-order valence-electron chi connectivity index (χ2n) is 5.74. The second-order valence-corrected chi connectivity index (χ2v) is 6.58. The van der Waals surface area contributed by atoms with Crippen molar-refractivity contribution in [1.29, 1.82) is 0 Å². The maximum Gasteiger partial charge on any atom is 0.260 e. The van der Waals surface area contributed by atoms with Gasteiger partial charge in [0.05, 0.1) is 5.69 Å². The van der Waals surface area contributed by atoms with Gasteiger partial charge in [-0.05, 0) is 31.5 Å². The molecule has 1 amide bonds. The average Bonchev–Trinajstić information content (AvgIpc) is 2.99. The van der Waals surface area contributed by atoms with Crippen LogP contribution in [0.5, 0.6) is 5.75 Å². The minimum Gasteiger partial charge on any atom is -0.484 e. The van der Waals surface area contributed by atoms with Crippen molar-refractivity contribution in [1.82, 2.24) is 9.88 Å². The third-order valence-corrected chi connectivity index (χ3v) is 4.88. The normalized spacial score (nSPS) is 14.9. The minimum absolute atomic E-state index is 0.0430. The van der Waals surface area contributed by atoms with Crippen molar-refractivity contribution in [3.05, 3.63) is 40.9 Å². The van der Waals surface area contributed by atoms with Crippen molar-refractivity contribution in [2.75, 3.05) is 37.7 Å². The molecule has 5 nitrogen and oxygen atoms in total. The van der Waals surface area contributed by atoms with E-state index < -0.39 is 0 Å². The van der Waals surface area contributed by atoms with E-state index in [0.717, 1.165) is 35.2 Å². The number of nitrogens with zero attached hydrogens (tertiary/aromatic N) is 3. The summed E-state index contributed by atoms with van der Waals surface area (Å²) >= 11 is 1.66. The van der Waals surface area contributed by atoms with Crippen LogP contribution in [-0.4, -0.2) is 48.6 Å². The number of hydrogen-bond acceptors (Lipinski definition) is 5. The lowest BCUT2D eigenvalue weighted by molar-refractivity contribution is -0.133. The summed E-state index contributed by atoms with van der Waals surface area (Å²) in [4.78, 5) is 20.9. The van der Waals surface area contributed by atoms with E-state index in [9.17, 15) is 4.79 Å².